The molecule has 4 nitrogen and oxygen atoms in total. The molecule has 1 fully saturated rings. The number of nitrogens with one attached hydrogen (secondary N) is 1. The number of carbonyl (C=O) groups excluding carboxylic acids is 1. The van der Waals surface area contributed by atoms with Crippen molar-refractivity contribution in [1.82, 2.24) is 5.32 Å². The first-order valence-electron chi connectivity index (χ1n) is 3.19. The molecule has 1 amide bonds. The average molecular weight is 143 g/mol. The lowest BCUT2D eigenvalue weighted by molar-refractivity contribution is -0.140. The van der Waals surface area contributed by atoms with Gasteiger partial charge in [0.1, 0.15) is 0 Å². The molecule has 2 N–H and O–H groups in total. The highest BCUT2D eigenvalue weighted by atomic mass is 16.4. The molecule has 1 unspecified atom stereocenters. The highest BCUT2D eigenvalue weighted by Crippen LogP contribution is 2.12. The molecular weight excluding hydrogens is 134 g/mol. The topological polar surface area (TPSA) is 66.4 Å². The summed E-state index contributed by atoms with van der Waals surface area (Å²) in [6.07, 6.45) is 0.622. The minimum atomic E-state index is -0.901. The predicted molar refractivity (Wildman–Crippen MR) is 33.4 cm³/mol. The molecule has 0 aromatic heterocycles. The zero-order chi connectivity index (χ0) is 7.56. The van der Waals surface area contributed by atoms with E-state index in [1.807, 2.05) is 0 Å². The maximum absolute atomic E-state index is 10.7. The van der Waals surface area contributed by atoms with E-state index in [9.17, 15) is 9.59 Å². The number of carbonyl (C=O) groups is 2. The first-order chi connectivity index (χ1) is 4.70. The van der Waals surface area contributed by atoms with Crippen LogP contribution in [0.25, 0.3) is 0 Å². The number of hydrogen-bond acceptors (Lipinski definition) is 2. The van der Waals surface area contributed by atoms with Crippen LogP contribution in [0.5, 0.6) is 0 Å². The Morgan fingerprint density at radius 3 is 2.90 bits per heavy atom. The lowest BCUT2D eigenvalue weighted by Gasteiger charge is -1.99. The Morgan fingerprint density at radius 2 is 2.50 bits per heavy atom. The highest BCUT2D eigenvalue weighted by Gasteiger charge is 2.25. The molecule has 1 rings (SSSR count). The first kappa shape index (κ1) is 7.05. The highest BCUT2D eigenvalue weighted by molar-refractivity contribution is 5.84. The molecule has 10 heavy (non-hydrogen) atoms. The van der Waals surface area contributed by atoms with Gasteiger partial charge < -0.3 is 10.4 Å². The van der Waals surface area contributed by atoms with Crippen molar-refractivity contribution in [3.05, 3.63) is 0 Å². The van der Waals surface area contributed by atoms with Crippen molar-refractivity contribution in [3.8, 4) is 0 Å². The van der Waals surface area contributed by atoms with Gasteiger partial charge in [0.05, 0.1) is 12.3 Å². The molecule has 0 aliphatic carbocycles. The van der Waals surface area contributed by atoms with Crippen molar-refractivity contribution in [2.45, 2.75) is 12.8 Å². The molecule has 0 aromatic carbocycles. The van der Waals surface area contributed by atoms with E-state index in [1.165, 1.54) is 0 Å². The van der Waals surface area contributed by atoms with Gasteiger partial charge in [-0.05, 0) is 6.42 Å². The molecule has 1 aliphatic heterocycles. The monoisotopic (exact) mass is 143 g/mol. The number of carboxylic acid groups (broad SMARTS) is 1. The lowest BCUT2D eigenvalue weighted by Crippen LogP contribution is -2.20. The van der Waals surface area contributed by atoms with Gasteiger partial charge in [0.2, 0.25) is 5.91 Å². The van der Waals surface area contributed by atoms with Gasteiger partial charge in [-0.3, -0.25) is 9.59 Å². The Balaban J connectivity index is 2.40. The number of rotatable bonds is 2. The maximum Gasteiger partial charge on any atom is 0.304 e. The molecule has 4 heteroatoms. The van der Waals surface area contributed by atoms with Crippen LogP contribution in [0.1, 0.15) is 12.8 Å². The summed E-state index contributed by atoms with van der Waals surface area (Å²) >= 11 is 0. The molecule has 1 saturated heterocycles. The second-order valence-electron chi connectivity index (χ2n) is 2.37. The van der Waals surface area contributed by atoms with Crippen LogP contribution in [-0.4, -0.2) is 23.5 Å². The van der Waals surface area contributed by atoms with Crippen molar-refractivity contribution in [2.75, 3.05) is 6.54 Å². The van der Waals surface area contributed by atoms with E-state index in [0.29, 0.717) is 13.0 Å². The van der Waals surface area contributed by atoms with Crippen LogP contribution in [0.15, 0.2) is 0 Å². The fourth-order valence-electron chi connectivity index (χ4n) is 1.05. The fourth-order valence-corrected chi connectivity index (χ4v) is 1.05. The Kier molecular flexibility index (Phi) is 1.89. The van der Waals surface area contributed by atoms with E-state index >= 15 is 0 Å². The van der Waals surface area contributed by atoms with Crippen molar-refractivity contribution >= 4 is 11.9 Å². The average Bonchev–Trinajstić information content (AvgIpc) is 2.15. The molecule has 0 saturated carbocycles. The maximum atomic E-state index is 10.7. The summed E-state index contributed by atoms with van der Waals surface area (Å²) in [5, 5.41) is 10.9. The third-order valence-electron chi connectivity index (χ3n) is 1.58. The molecule has 0 aromatic rings. The van der Waals surface area contributed by atoms with Gasteiger partial charge in [-0.2, -0.15) is 0 Å². The minimum Gasteiger partial charge on any atom is -0.481 e. The van der Waals surface area contributed by atoms with E-state index in [0.717, 1.165) is 0 Å². The van der Waals surface area contributed by atoms with Gasteiger partial charge in [-0.25, -0.2) is 0 Å². The van der Waals surface area contributed by atoms with Crippen molar-refractivity contribution in [3.63, 3.8) is 0 Å². The van der Waals surface area contributed by atoms with Crippen LogP contribution in [-0.2, 0) is 9.59 Å². The number of hydrogen-bond donors (Lipinski definition) is 2. The molecule has 56 valence electrons. The molecule has 1 atom stereocenters. The van der Waals surface area contributed by atoms with E-state index in [4.69, 9.17) is 5.11 Å². The number of carboxylic acids is 1. The SMILES string of the molecule is O=C(O)CC1CCNC1=O. The van der Waals surface area contributed by atoms with E-state index in [2.05, 4.69) is 5.32 Å². The Bertz CT molecular complexity index is 166. The molecule has 0 bridgehead atoms. The van der Waals surface area contributed by atoms with Gasteiger partial charge in [0.25, 0.3) is 0 Å². The summed E-state index contributed by atoms with van der Waals surface area (Å²) in [5.41, 5.74) is 0. The van der Waals surface area contributed by atoms with Gasteiger partial charge >= 0.3 is 5.97 Å². The summed E-state index contributed by atoms with van der Waals surface area (Å²) in [7, 11) is 0. The predicted octanol–water partition coefficient (Wildman–Crippen LogP) is -0.403. The second-order valence-corrected chi connectivity index (χ2v) is 2.37. The van der Waals surface area contributed by atoms with E-state index in [-0.39, 0.29) is 18.2 Å². The Hall–Kier alpha value is -1.06. The summed E-state index contributed by atoms with van der Waals surface area (Å²) in [6, 6.07) is 0. The van der Waals surface area contributed by atoms with E-state index in [1.54, 1.807) is 0 Å². The number of aliphatic carboxylic acids is 1. The first-order valence-corrected chi connectivity index (χ1v) is 3.19. The lowest BCUT2D eigenvalue weighted by atomic mass is 10.1. The zero-order valence-corrected chi connectivity index (χ0v) is 5.46. The summed E-state index contributed by atoms with van der Waals surface area (Å²) in [6.45, 7) is 0.622. The molecule has 0 spiro atoms. The molecule has 1 heterocycles. The largest absolute Gasteiger partial charge is 0.481 e. The van der Waals surface area contributed by atoms with Crippen LogP contribution >= 0.6 is 0 Å². The van der Waals surface area contributed by atoms with Crippen LogP contribution in [0.3, 0.4) is 0 Å². The summed E-state index contributed by atoms with van der Waals surface area (Å²) in [5.74, 6) is -1.32. The van der Waals surface area contributed by atoms with Crippen molar-refractivity contribution in [2.24, 2.45) is 5.92 Å². The fraction of sp³-hybridized carbons (Fsp3) is 0.667. The van der Waals surface area contributed by atoms with Gasteiger partial charge in [-0.15, -0.1) is 0 Å². The van der Waals surface area contributed by atoms with Crippen LogP contribution in [0.2, 0.25) is 0 Å². The number of amides is 1. The summed E-state index contributed by atoms with van der Waals surface area (Å²) < 4.78 is 0. The van der Waals surface area contributed by atoms with Crippen molar-refractivity contribution < 1.29 is 14.7 Å². The van der Waals surface area contributed by atoms with Gasteiger partial charge in [-0.1, -0.05) is 0 Å². The van der Waals surface area contributed by atoms with Crippen molar-refractivity contribution in [1.29, 1.82) is 0 Å². The smallest absolute Gasteiger partial charge is 0.304 e. The Morgan fingerprint density at radius 1 is 1.80 bits per heavy atom. The third kappa shape index (κ3) is 1.46. The third-order valence-corrected chi connectivity index (χ3v) is 1.58. The molecular formula is C6H9NO3. The second kappa shape index (κ2) is 2.68. The van der Waals surface area contributed by atoms with Crippen LogP contribution in [0, 0.1) is 5.92 Å². The Labute approximate surface area is 58.2 Å². The normalized spacial score (nSPS) is 24.4. The van der Waals surface area contributed by atoms with Crippen LogP contribution in [0.4, 0.5) is 0 Å². The van der Waals surface area contributed by atoms with E-state index < -0.39 is 5.97 Å². The zero-order valence-electron chi connectivity index (χ0n) is 5.46. The summed E-state index contributed by atoms with van der Waals surface area (Å²) in [4.78, 5) is 20.9. The van der Waals surface area contributed by atoms with Crippen LogP contribution < -0.4 is 5.32 Å². The van der Waals surface area contributed by atoms with Gasteiger partial charge in [0.15, 0.2) is 0 Å². The van der Waals surface area contributed by atoms with Gasteiger partial charge in [0, 0.05) is 6.54 Å². The molecule has 1 aliphatic rings. The quantitative estimate of drug-likeness (QED) is 0.552. The molecule has 0 radical (unpaired) electrons. The minimum absolute atomic E-state index is 0.0359. The standard InChI is InChI=1S/C6H9NO3/c8-5(9)3-4-1-2-7-6(4)10/h4H,1-3H2,(H,7,10)(H,8,9).